The molecule has 2 heterocycles. The first-order chi connectivity index (χ1) is 13.1. The van der Waals surface area contributed by atoms with Gasteiger partial charge in [0.15, 0.2) is 6.04 Å². The highest BCUT2D eigenvalue weighted by Crippen LogP contribution is 2.29. The lowest BCUT2D eigenvalue weighted by molar-refractivity contribution is -0.126. The molecule has 2 aromatic rings. The molecule has 144 valence electrons. The van der Waals surface area contributed by atoms with Crippen molar-refractivity contribution in [3.63, 3.8) is 0 Å². The monoisotopic (exact) mass is 388 g/mol. The van der Waals surface area contributed by atoms with Gasteiger partial charge in [-0.05, 0) is 61.6 Å². The molecule has 1 saturated carbocycles. The van der Waals surface area contributed by atoms with E-state index in [1.807, 2.05) is 19.1 Å². The normalized spacial score (nSPS) is 19.8. The number of likely N-dealkylation sites (tertiary alicyclic amines) is 1. The number of tetrazole rings is 1. The van der Waals surface area contributed by atoms with Crippen LogP contribution in [0.3, 0.4) is 0 Å². The first kappa shape index (κ1) is 18.4. The van der Waals surface area contributed by atoms with Gasteiger partial charge >= 0.3 is 0 Å². The lowest BCUT2D eigenvalue weighted by Crippen LogP contribution is -2.47. The Morgan fingerprint density at radius 1 is 1.22 bits per heavy atom. The minimum Gasteiger partial charge on any atom is -0.351 e. The summed E-state index contributed by atoms with van der Waals surface area (Å²) in [5.74, 6) is 0.470. The number of aromatic nitrogens is 4. The van der Waals surface area contributed by atoms with E-state index in [9.17, 15) is 4.79 Å². The standard InChI is InChI=1S/C19H25ClN6O/c1-2-17(19(27)21-15-9-11-25(12-10-15)16-7-8-16)26-23-18(22-24-26)13-3-5-14(20)6-4-13/h3-6,15-17H,2,7-12H2,1H3,(H,21,27). The molecule has 27 heavy (non-hydrogen) atoms. The van der Waals surface area contributed by atoms with E-state index in [1.165, 1.54) is 17.6 Å². The van der Waals surface area contributed by atoms with E-state index in [1.54, 1.807) is 12.1 Å². The third kappa shape index (κ3) is 4.30. The van der Waals surface area contributed by atoms with Crippen molar-refractivity contribution in [1.29, 1.82) is 0 Å². The van der Waals surface area contributed by atoms with Gasteiger partial charge in [0.2, 0.25) is 11.7 Å². The van der Waals surface area contributed by atoms with Gasteiger partial charge in [0.1, 0.15) is 0 Å². The van der Waals surface area contributed by atoms with E-state index >= 15 is 0 Å². The minimum atomic E-state index is -0.444. The molecular formula is C19H25ClN6O. The first-order valence-electron chi connectivity index (χ1n) is 9.74. The quantitative estimate of drug-likeness (QED) is 0.823. The van der Waals surface area contributed by atoms with E-state index in [0.29, 0.717) is 17.3 Å². The van der Waals surface area contributed by atoms with E-state index in [0.717, 1.165) is 37.5 Å². The van der Waals surface area contributed by atoms with Crippen molar-refractivity contribution in [3.05, 3.63) is 29.3 Å². The zero-order valence-corrected chi connectivity index (χ0v) is 16.3. The van der Waals surface area contributed by atoms with E-state index in [2.05, 4.69) is 25.6 Å². The fourth-order valence-corrected chi connectivity index (χ4v) is 3.80. The summed E-state index contributed by atoms with van der Waals surface area (Å²) in [6.07, 6.45) is 5.31. The summed E-state index contributed by atoms with van der Waals surface area (Å²) in [4.78, 5) is 16.8. The van der Waals surface area contributed by atoms with Crippen molar-refractivity contribution in [2.75, 3.05) is 13.1 Å². The predicted octanol–water partition coefficient (Wildman–Crippen LogP) is 2.69. The zero-order chi connectivity index (χ0) is 18.8. The topological polar surface area (TPSA) is 75.9 Å². The molecule has 0 radical (unpaired) electrons. The Labute approximate surface area is 164 Å². The van der Waals surface area contributed by atoms with Gasteiger partial charge in [0.05, 0.1) is 0 Å². The average Bonchev–Trinajstić information content (AvgIpc) is 3.42. The van der Waals surface area contributed by atoms with Crippen LogP contribution < -0.4 is 5.32 Å². The number of rotatable bonds is 6. The summed E-state index contributed by atoms with van der Waals surface area (Å²) in [5, 5.41) is 16.5. The maximum atomic E-state index is 12.8. The van der Waals surface area contributed by atoms with Crippen LogP contribution in [0.5, 0.6) is 0 Å². The van der Waals surface area contributed by atoms with Gasteiger partial charge in [0, 0.05) is 35.8 Å². The second-order valence-electron chi connectivity index (χ2n) is 7.41. The molecule has 1 aromatic carbocycles. The second kappa shape index (κ2) is 7.94. The Bertz CT molecular complexity index is 780. The number of halogens is 1. The molecule has 8 heteroatoms. The number of piperidine rings is 1. The smallest absolute Gasteiger partial charge is 0.247 e. The number of hydrogen-bond acceptors (Lipinski definition) is 5. The molecule has 7 nitrogen and oxygen atoms in total. The second-order valence-corrected chi connectivity index (χ2v) is 7.85. The highest BCUT2D eigenvalue weighted by atomic mass is 35.5. The number of nitrogens with one attached hydrogen (secondary N) is 1. The van der Waals surface area contributed by atoms with E-state index in [4.69, 9.17) is 11.6 Å². The van der Waals surface area contributed by atoms with Crippen LogP contribution in [0.25, 0.3) is 11.4 Å². The number of benzene rings is 1. The number of carbonyl (C=O) groups is 1. The molecule has 1 N–H and O–H groups in total. The van der Waals surface area contributed by atoms with Crippen molar-refractivity contribution in [1.82, 2.24) is 30.4 Å². The lowest BCUT2D eigenvalue weighted by Gasteiger charge is -2.32. The summed E-state index contributed by atoms with van der Waals surface area (Å²) in [7, 11) is 0. The van der Waals surface area contributed by atoms with Gasteiger partial charge in [-0.2, -0.15) is 4.80 Å². The van der Waals surface area contributed by atoms with Crippen LogP contribution in [0.4, 0.5) is 0 Å². The van der Waals surface area contributed by atoms with Crippen molar-refractivity contribution in [2.45, 2.75) is 57.2 Å². The Hall–Kier alpha value is -1.99. The molecule has 1 unspecified atom stereocenters. The van der Waals surface area contributed by atoms with Crippen LogP contribution in [0.15, 0.2) is 24.3 Å². The van der Waals surface area contributed by atoms with Crippen LogP contribution in [-0.4, -0.2) is 56.2 Å². The summed E-state index contributed by atoms with van der Waals surface area (Å²) in [6.45, 7) is 4.12. The number of hydrogen-bond donors (Lipinski definition) is 1. The molecule has 1 aromatic heterocycles. The molecule has 1 saturated heterocycles. The van der Waals surface area contributed by atoms with Crippen LogP contribution in [0.1, 0.15) is 45.1 Å². The highest BCUT2D eigenvalue weighted by Gasteiger charge is 2.33. The average molecular weight is 389 g/mol. The summed E-state index contributed by atoms with van der Waals surface area (Å²) in [6, 6.07) is 7.86. The zero-order valence-electron chi connectivity index (χ0n) is 15.5. The van der Waals surface area contributed by atoms with Crippen molar-refractivity contribution in [2.24, 2.45) is 0 Å². The van der Waals surface area contributed by atoms with Gasteiger partial charge < -0.3 is 10.2 Å². The first-order valence-corrected chi connectivity index (χ1v) is 10.1. The molecule has 1 aliphatic heterocycles. The van der Waals surface area contributed by atoms with Gasteiger partial charge in [-0.1, -0.05) is 18.5 Å². The lowest BCUT2D eigenvalue weighted by atomic mass is 10.0. The Kier molecular flexibility index (Phi) is 5.41. The molecule has 0 bridgehead atoms. The number of amides is 1. The molecular weight excluding hydrogens is 364 g/mol. The van der Waals surface area contributed by atoms with E-state index in [-0.39, 0.29) is 11.9 Å². The van der Waals surface area contributed by atoms with Gasteiger partial charge in [-0.3, -0.25) is 4.79 Å². The number of nitrogens with zero attached hydrogens (tertiary/aromatic N) is 5. The fraction of sp³-hybridized carbons (Fsp3) is 0.579. The summed E-state index contributed by atoms with van der Waals surface area (Å²) in [5.41, 5.74) is 0.827. The maximum Gasteiger partial charge on any atom is 0.247 e. The van der Waals surface area contributed by atoms with Gasteiger partial charge in [-0.15, -0.1) is 10.2 Å². The van der Waals surface area contributed by atoms with Crippen molar-refractivity contribution < 1.29 is 4.79 Å². The third-order valence-electron chi connectivity index (χ3n) is 5.44. The Morgan fingerprint density at radius 3 is 2.56 bits per heavy atom. The summed E-state index contributed by atoms with van der Waals surface area (Å²) < 4.78 is 0. The number of carbonyl (C=O) groups excluding carboxylic acids is 1. The van der Waals surface area contributed by atoms with Crippen LogP contribution in [0, 0.1) is 0 Å². The molecule has 1 amide bonds. The fourth-order valence-electron chi connectivity index (χ4n) is 3.67. The Morgan fingerprint density at radius 2 is 1.93 bits per heavy atom. The maximum absolute atomic E-state index is 12.8. The third-order valence-corrected chi connectivity index (χ3v) is 5.69. The Balaban J connectivity index is 1.38. The SMILES string of the molecule is CCC(C(=O)NC1CCN(C2CC2)CC1)n1nnc(-c2ccc(Cl)cc2)n1. The molecule has 2 aliphatic rings. The van der Waals surface area contributed by atoms with E-state index < -0.39 is 6.04 Å². The minimum absolute atomic E-state index is 0.0255. The summed E-state index contributed by atoms with van der Waals surface area (Å²) >= 11 is 5.92. The molecule has 2 fully saturated rings. The largest absolute Gasteiger partial charge is 0.351 e. The molecule has 0 spiro atoms. The molecule has 1 atom stereocenters. The van der Waals surface area contributed by atoms with Gasteiger partial charge in [-0.25, -0.2) is 0 Å². The van der Waals surface area contributed by atoms with Gasteiger partial charge in [0.25, 0.3) is 0 Å². The van der Waals surface area contributed by atoms with Crippen LogP contribution in [-0.2, 0) is 4.79 Å². The van der Waals surface area contributed by atoms with Crippen molar-refractivity contribution in [3.8, 4) is 11.4 Å². The molecule has 1 aliphatic carbocycles. The highest BCUT2D eigenvalue weighted by molar-refractivity contribution is 6.30. The predicted molar refractivity (Wildman–Crippen MR) is 103 cm³/mol. The van der Waals surface area contributed by atoms with Crippen molar-refractivity contribution >= 4 is 17.5 Å². The molecule has 4 rings (SSSR count). The van der Waals surface area contributed by atoms with Crippen LogP contribution in [0.2, 0.25) is 5.02 Å². The van der Waals surface area contributed by atoms with Crippen LogP contribution >= 0.6 is 11.6 Å².